The maximum Gasteiger partial charge on any atom is 0.326 e. The Kier molecular flexibility index (Phi) is 5.05. The van der Waals surface area contributed by atoms with Gasteiger partial charge in [0.25, 0.3) is 0 Å². The fraction of sp³-hybridized carbons (Fsp3) is 0.571. The Balaban J connectivity index is 4.16. The third-order valence-corrected chi connectivity index (χ3v) is 1.32. The van der Waals surface area contributed by atoms with Crippen LogP contribution in [0.15, 0.2) is 0 Å². The number of rotatable bonds is 5. The molecule has 2 amide bonds. The molecule has 0 saturated heterocycles. The molecule has 0 bridgehead atoms. The van der Waals surface area contributed by atoms with Crippen LogP contribution in [0.3, 0.4) is 0 Å². The molecule has 0 unspecified atom stereocenters. The van der Waals surface area contributed by atoms with Crippen molar-refractivity contribution in [3.63, 3.8) is 0 Å². The minimum Gasteiger partial charge on any atom is -0.481 e. The second kappa shape index (κ2) is 5.79. The standard InChI is InChI=1S/C7H12N2O5/c1-2-8-7(14)9-4(6(12)13)3-5(10)11/h4H,2-3H2,1H3,(H,10,11)(H,12,13)(H2,8,9,14)/t4-/m1/s1. The lowest BCUT2D eigenvalue weighted by atomic mass is 10.2. The molecule has 14 heavy (non-hydrogen) atoms. The number of amides is 2. The second-order valence-electron chi connectivity index (χ2n) is 2.49. The van der Waals surface area contributed by atoms with Crippen molar-refractivity contribution in [3.8, 4) is 0 Å². The van der Waals surface area contributed by atoms with Gasteiger partial charge in [0.15, 0.2) is 0 Å². The van der Waals surface area contributed by atoms with Crippen molar-refractivity contribution in [1.29, 1.82) is 0 Å². The summed E-state index contributed by atoms with van der Waals surface area (Å²) in [6.45, 7) is 2.00. The highest BCUT2D eigenvalue weighted by molar-refractivity contribution is 5.86. The molecule has 0 rings (SSSR count). The van der Waals surface area contributed by atoms with Gasteiger partial charge in [0.05, 0.1) is 6.42 Å². The summed E-state index contributed by atoms with van der Waals surface area (Å²) in [6, 6.07) is -2.10. The van der Waals surface area contributed by atoms with E-state index in [4.69, 9.17) is 10.2 Å². The van der Waals surface area contributed by atoms with Crippen molar-refractivity contribution in [2.45, 2.75) is 19.4 Å². The molecule has 4 N–H and O–H groups in total. The fourth-order valence-corrected chi connectivity index (χ4v) is 0.745. The number of aliphatic carboxylic acids is 2. The average molecular weight is 204 g/mol. The van der Waals surface area contributed by atoms with Gasteiger partial charge in [-0.25, -0.2) is 9.59 Å². The maximum atomic E-state index is 10.9. The highest BCUT2D eigenvalue weighted by Gasteiger charge is 2.22. The number of urea groups is 1. The zero-order valence-electron chi connectivity index (χ0n) is 7.61. The van der Waals surface area contributed by atoms with Crippen LogP contribution in [0.25, 0.3) is 0 Å². The van der Waals surface area contributed by atoms with Crippen molar-refractivity contribution in [2.75, 3.05) is 6.54 Å². The molecule has 0 aromatic heterocycles. The molecule has 0 heterocycles. The summed E-state index contributed by atoms with van der Waals surface area (Å²) < 4.78 is 0. The van der Waals surface area contributed by atoms with E-state index in [-0.39, 0.29) is 0 Å². The van der Waals surface area contributed by atoms with E-state index in [2.05, 4.69) is 5.32 Å². The van der Waals surface area contributed by atoms with Gasteiger partial charge in [-0.3, -0.25) is 4.79 Å². The van der Waals surface area contributed by atoms with Crippen LogP contribution in [0.2, 0.25) is 0 Å². The van der Waals surface area contributed by atoms with Gasteiger partial charge in [-0.15, -0.1) is 0 Å². The summed E-state index contributed by atoms with van der Waals surface area (Å²) in [5, 5.41) is 21.2. The van der Waals surface area contributed by atoms with Crippen molar-refractivity contribution in [2.24, 2.45) is 0 Å². The van der Waals surface area contributed by atoms with Crippen LogP contribution in [0.4, 0.5) is 4.79 Å². The monoisotopic (exact) mass is 204 g/mol. The summed E-state index contributed by atoms with van der Waals surface area (Å²) >= 11 is 0. The number of carbonyl (C=O) groups is 3. The predicted octanol–water partition coefficient (Wildman–Crippen LogP) is -0.767. The van der Waals surface area contributed by atoms with E-state index in [1.807, 2.05) is 5.32 Å². The van der Waals surface area contributed by atoms with Gasteiger partial charge in [0, 0.05) is 6.54 Å². The van der Waals surface area contributed by atoms with E-state index in [0.717, 1.165) is 0 Å². The van der Waals surface area contributed by atoms with E-state index in [1.165, 1.54) is 0 Å². The molecule has 0 aliphatic heterocycles. The van der Waals surface area contributed by atoms with Crippen LogP contribution in [-0.4, -0.2) is 40.8 Å². The van der Waals surface area contributed by atoms with E-state index < -0.39 is 30.4 Å². The van der Waals surface area contributed by atoms with Gasteiger partial charge in [0.2, 0.25) is 0 Å². The first-order valence-electron chi connectivity index (χ1n) is 3.96. The Morgan fingerprint density at radius 2 is 1.86 bits per heavy atom. The zero-order chi connectivity index (χ0) is 11.1. The lowest BCUT2D eigenvalue weighted by Gasteiger charge is -2.12. The summed E-state index contributed by atoms with van der Waals surface area (Å²) in [5.74, 6) is -2.66. The zero-order valence-corrected chi connectivity index (χ0v) is 7.61. The molecule has 1 atom stereocenters. The molecule has 0 fully saturated rings. The molecular formula is C7H12N2O5. The molecule has 80 valence electrons. The predicted molar refractivity (Wildman–Crippen MR) is 45.9 cm³/mol. The summed E-state index contributed by atoms with van der Waals surface area (Å²) in [4.78, 5) is 31.5. The topological polar surface area (TPSA) is 116 Å². The SMILES string of the molecule is CCNC(=O)N[C@H](CC(=O)O)C(=O)O. The minimum absolute atomic E-state index is 0.339. The third-order valence-electron chi connectivity index (χ3n) is 1.32. The maximum absolute atomic E-state index is 10.9. The quantitative estimate of drug-likeness (QED) is 0.469. The Hall–Kier alpha value is -1.79. The van der Waals surface area contributed by atoms with E-state index >= 15 is 0 Å². The molecule has 0 saturated carbocycles. The fourth-order valence-electron chi connectivity index (χ4n) is 0.745. The molecule has 0 aromatic rings. The minimum atomic E-state index is -1.40. The van der Waals surface area contributed by atoms with Crippen molar-refractivity contribution < 1.29 is 24.6 Å². The Morgan fingerprint density at radius 1 is 1.29 bits per heavy atom. The first-order valence-corrected chi connectivity index (χ1v) is 3.96. The summed E-state index contributed by atoms with van der Waals surface area (Å²) in [5.41, 5.74) is 0. The smallest absolute Gasteiger partial charge is 0.326 e. The normalized spacial score (nSPS) is 11.5. The summed E-state index contributed by atoms with van der Waals surface area (Å²) in [6.07, 6.45) is -0.646. The van der Waals surface area contributed by atoms with Gasteiger partial charge in [0.1, 0.15) is 6.04 Å². The second-order valence-corrected chi connectivity index (χ2v) is 2.49. The molecule has 7 nitrogen and oxygen atoms in total. The van der Waals surface area contributed by atoms with Gasteiger partial charge >= 0.3 is 18.0 Å². The van der Waals surface area contributed by atoms with Crippen LogP contribution >= 0.6 is 0 Å². The third kappa shape index (κ3) is 4.96. The molecule has 7 heteroatoms. The van der Waals surface area contributed by atoms with Gasteiger partial charge in [-0.05, 0) is 6.92 Å². The van der Waals surface area contributed by atoms with Gasteiger partial charge < -0.3 is 20.8 Å². The first kappa shape index (κ1) is 12.2. The highest BCUT2D eigenvalue weighted by Crippen LogP contribution is 1.92. The van der Waals surface area contributed by atoms with Gasteiger partial charge in [-0.1, -0.05) is 0 Å². The molecule has 0 spiro atoms. The lowest BCUT2D eigenvalue weighted by molar-refractivity contribution is -0.145. The number of carboxylic acid groups (broad SMARTS) is 2. The van der Waals surface area contributed by atoms with Crippen LogP contribution in [0.1, 0.15) is 13.3 Å². The summed E-state index contributed by atoms with van der Waals surface area (Å²) in [7, 11) is 0. The van der Waals surface area contributed by atoms with Crippen LogP contribution in [0, 0.1) is 0 Å². The molecule has 0 aromatic carbocycles. The molecule has 0 aliphatic carbocycles. The number of carbonyl (C=O) groups excluding carboxylic acids is 1. The molecular weight excluding hydrogens is 192 g/mol. The first-order chi connectivity index (χ1) is 6.47. The Bertz CT molecular complexity index is 240. The van der Waals surface area contributed by atoms with Crippen LogP contribution < -0.4 is 10.6 Å². The number of carboxylic acids is 2. The number of nitrogens with one attached hydrogen (secondary N) is 2. The molecule has 0 aliphatic rings. The molecule has 0 radical (unpaired) electrons. The van der Waals surface area contributed by atoms with Crippen LogP contribution in [0.5, 0.6) is 0 Å². The van der Waals surface area contributed by atoms with Gasteiger partial charge in [-0.2, -0.15) is 0 Å². The largest absolute Gasteiger partial charge is 0.481 e. The van der Waals surface area contributed by atoms with E-state index in [1.54, 1.807) is 6.92 Å². The highest BCUT2D eigenvalue weighted by atomic mass is 16.4. The number of hydrogen-bond donors (Lipinski definition) is 4. The average Bonchev–Trinajstić information content (AvgIpc) is 2.02. The van der Waals surface area contributed by atoms with Crippen molar-refractivity contribution >= 4 is 18.0 Å². The van der Waals surface area contributed by atoms with E-state index in [9.17, 15) is 14.4 Å². The Morgan fingerprint density at radius 3 is 2.21 bits per heavy atom. The van der Waals surface area contributed by atoms with E-state index in [0.29, 0.717) is 6.54 Å². The Labute approximate surface area is 80.1 Å². The van der Waals surface area contributed by atoms with Crippen molar-refractivity contribution in [3.05, 3.63) is 0 Å². The van der Waals surface area contributed by atoms with Crippen LogP contribution in [-0.2, 0) is 9.59 Å². The number of hydrogen-bond acceptors (Lipinski definition) is 3. The van der Waals surface area contributed by atoms with Crippen molar-refractivity contribution in [1.82, 2.24) is 10.6 Å². The lowest BCUT2D eigenvalue weighted by Crippen LogP contribution is -2.46.